The zero-order valence-corrected chi connectivity index (χ0v) is 11.5. The van der Waals surface area contributed by atoms with Gasteiger partial charge in [0.25, 0.3) is 0 Å². The Hall–Kier alpha value is -0.120. The second-order valence-electron chi connectivity index (χ2n) is 5.85. The Balaban J connectivity index is 1.82. The molecule has 0 aromatic rings. The van der Waals surface area contributed by atoms with Crippen LogP contribution in [0.25, 0.3) is 0 Å². The summed E-state index contributed by atoms with van der Waals surface area (Å²) in [7, 11) is 1.85. The molecule has 2 aliphatic heterocycles. The maximum absolute atomic E-state index is 5.44. The zero-order valence-electron chi connectivity index (χ0n) is 11.5. The molecular formula is C14H28N2O. The van der Waals surface area contributed by atoms with E-state index in [9.17, 15) is 0 Å². The van der Waals surface area contributed by atoms with Gasteiger partial charge in [-0.3, -0.25) is 0 Å². The first-order valence-corrected chi connectivity index (χ1v) is 7.24. The molecule has 3 heteroatoms. The molecule has 0 radical (unpaired) electrons. The van der Waals surface area contributed by atoms with Crippen LogP contribution in [0.5, 0.6) is 0 Å². The normalized spacial score (nSPS) is 32.8. The minimum absolute atomic E-state index is 0.508. The first-order chi connectivity index (χ1) is 8.28. The topological polar surface area (TPSA) is 24.5 Å². The van der Waals surface area contributed by atoms with Gasteiger partial charge in [-0.15, -0.1) is 0 Å². The Labute approximate surface area is 106 Å². The number of methoxy groups -OCH3 is 1. The van der Waals surface area contributed by atoms with Gasteiger partial charge in [0.05, 0.1) is 6.10 Å². The maximum Gasteiger partial charge on any atom is 0.0595 e. The smallest absolute Gasteiger partial charge is 0.0595 e. The third-order valence-corrected chi connectivity index (χ3v) is 4.74. The van der Waals surface area contributed by atoms with E-state index in [1.165, 1.54) is 64.8 Å². The molecule has 2 saturated heterocycles. The summed E-state index contributed by atoms with van der Waals surface area (Å²) in [5, 5.41) is 3.58. The summed E-state index contributed by atoms with van der Waals surface area (Å²) in [4.78, 5) is 2.66. The number of hydrogen-bond acceptors (Lipinski definition) is 3. The average molecular weight is 240 g/mol. The molecular weight excluding hydrogens is 212 g/mol. The lowest BCUT2D eigenvalue weighted by Crippen LogP contribution is -2.49. The third-order valence-electron chi connectivity index (χ3n) is 4.74. The standard InChI is InChI=1S/C14H28N2O/c1-3-14(7-4-8-15-11-14)12-16-9-5-13(17-2)6-10-16/h13,15H,3-12H2,1-2H3. The maximum atomic E-state index is 5.44. The molecule has 2 heterocycles. The van der Waals surface area contributed by atoms with E-state index in [0.29, 0.717) is 11.5 Å². The van der Waals surface area contributed by atoms with E-state index < -0.39 is 0 Å². The van der Waals surface area contributed by atoms with Crippen LogP contribution < -0.4 is 5.32 Å². The highest BCUT2D eigenvalue weighted by molar-refractivity contribution is 4.88. The summed E-state index contributed by atoms with van der Waals surface area (Å²) in [6.45, 7) is 8.52. The lowest BCUT2D eigenvalue weighted by molar-refractivity contribution is 0.0206. The van der Waals surface area contributed by atoms with Crippen LogP contribution in [0.1, 0.15) is 39.0 Å². The van der Waals surface area contributed by atoms with Crippen molar-refractivity contribution in [1.29, 1.82) is 0 Å². The van der Waals surface area contributed by atoms with E-state index in [-0.39, 0.29) is 0 Å². The highest BCUT2D eigenvalue weighted by Crippen LogP contribution is 2.32. The van der Waals surface area contributed by atoms with Gasteiger partial charge in [0, 0.05) is 33.3 Å². The molecule has 3 nitrogen and oxygen atoms in total. The molecule has 0 bridgehead atoms. The van der Waals surface area contributed by atoms with Crippen molar-refractivity contribution < 1.29 is 4.74 Å². The fraction of sp³-hybridized carbons (Fsp3) is 1.00. The van der Waals surface area contributed by atoms with Crippen molar-refractivity contribution in [3.8, 4) is 0 Å². The SMILES string of the molecule is CCC1(CN2CCC(OC)CC2)CCCNC1. The minimum atomic E-state index is 0.508. The first-order valence-electron chi connectivity index (χ1n) is 7.24. The summed E-state index contributed by atoms with van der Waals surface area (Å²) in [5.41, 5.74) is 0.540. The van der Waals surface area contributed by atoms with Gasteiger partial charge < -0.3 is 15.0 Å². The van der Waals surface area contributed by atoms with Gasteiger partial charge in [0.15, 0.2) is 0 Å². The lowest BCUT2D eigenvalue weighted by atomic mass is 9.77. The Bertz CT molecular complexity index is 218. The molecule has 1 N–H and O–H groups in total. The summed E-state index contributed by atoms with van der Waals surface area (Å²) in [5.74, 6) is 0. The van der Waals surface area contributed by atoms with Crippen LogP contribution in [0.15, 0.2) is 0 Å². The summed E-state index contributed by atoms with van der Waals surface area (Å²) in [6, 6.07) is 0. The van der Waals surface area contributed by atoms with E-state index in [0.717, 1.165) is 0 Å². The molecule has 2 rings (SSSR count). The number of nitrogens with one attached hydrogen (secondary N) is 1. The van der Waals surface area contributed by atoms with Crippen molar-refractivity contribution in [2.75, 3.05) is 39.8 Å². The average Bonchev–Trinajstić information content (AvgIpc) is 2.41. The molecule has 0 spiro atoms. The number of ether oxygens (including phenoxy) is 1. The molecule has 1 unspecified atom stereocenters. The van der Waals surface area contributed by atoms with Crippen molar-refractivity contribution in [1.82, 2.24) is 10.2 Å². The van der Waals surface area contributed by atoms with E-state index in [2.05, 4.69) is 17.1 Å². The third kappa shape index (κ3) is 3.43. The van der Waals surface area contributed by atoms with Gasteiger partial charge in [-0.05, 0) is 44.1 Å². The van der Waals surface area contributed by atoms with Gasteiger partial charge in [0.1, 0.15) is 0 Å². The van der Waals surface area contributed by atoms with Crippen LogP contribution in [-0.2, 0) is 4.74 Å². The summed E-state index contributed by atoms with van der Waals surface area (Å²) < 4.78 is 5.44. The quantitative estimate of drug-likeness (QED) is 0.812. The number of nitrogens with zero attached hydrogens (tertiary/aromatic N) is 1. The van der Waals surface area contributed by atoms with E-state index in [4.69, 9.17) is 4.74 Å². The van der Waals surface area contributed by atoms with E-state index in [1.807, 2.05) is 7.11 Å². The molecule has 0 saturated carbocycles. The first kappa shape index (κ1) is 13.3. The van der Waals surface area contributed by atoms with Gasteiger partial charge in [0.2, 0.25) is 0 Å². The van der Waals surface area contributed by atoms with Crippen LogP contribution in [0.4, 0.5) is 0 Å². The van der Waals surface area contributed by atoms with Crippen LogP contribution in [0, 0.1) is 5.41 Å². The van der Waals surface area contributed by atoms with Gasteiger partial charge in [-0.25, -0.2) is 0 Å². The zero-order chi connectivity index (χ0) is 12.1. The van der Waals surface area contributed by atoms with Gasteiger partial charge in [-0.2, -0.15) is 0 Å². The van der Waals surface area contributed by atoms with Crippen molar-refractivity contribution in [3.05, 3.63) is 0 Å². The molecule has 0 aliphatic carbocycles. The summed E-state index contributed by atoms with van der Waals surface area (Å²) in [6.07, 6.45) is 6.99. The predicted molar refractivity (Wildman–Crippen MR) is 71.3 cm³/mol. The van der Waals surface area contributed by atoms with Crippen molar-refractivity contribution in [2.24, 2.45) is 5.41 Å². The van der Waals surface area contributed by atoms with E-state index >= 15 is 0 Å². The molecule has 0 amide bonds. The van der Waals surface area contributed by atoms with Crippen molar-refractivity contribution in [3.63, 3.8) is 0 Å². The molecule has 0 aromatic carbocycles. The highest BCUT2D eigenvalue weighted by atomic mass is 16.5. The highest BCUT2D eigenvalue weighted by Gasteiger charge is 2.33. The second kappa shape index (κ2) is 6.17. The van der Waals surface area contributed by atoms with Crippen LogP contribution in [0.3, 0.4) is 0 Å². The van der Waals surface area contributed by atoms with E-state index in [1.54, 1.807) is 0 Å². The molecule has 2 fully saturated rings. The van der Waals surface area contributed by atoms with Gasteiger partial charge in [-0.1, -0.05) is 6.92 Å². The number of hydrogen-bond donors (Lipinski definition) is 1. The largest absolute Gasteiger partial charge is 0.381 e. The molecule has 100 valence electrons. The second-order valence-corrected chi connectivity index (χ2v) is 5.85. The Morgan fingerprint density at radius 3 is 2.65 bits per heavy atom. The van der Waals surface area contributed by atoms with Crippen molar-refractivity contribution >= 4 is 0 Å². The molecule has 2 aliphatic rings. The molecule has 0 aromatic heterocycles. The Kier molecular flexibility index (Phi) is 4.83. The predicted octanol–water partition coefficient (Wildman–Crippen LogP) is 1.88. The fourth-order valence-electron chi connectivity index (χ4n) is 3.36. The minimum Gasteiger partial charge on any atom is -0.381 e. The monoisotopic (exact) mass is 240 g/mol. The Morgan fingerprint density at radius 2 is 2.12 bits per heavy atom. The van der Waals surface area contributed by atoms with Crippen LogP contribution in [-0.4, -0.2) is 50.8 Å². The fourth-order valence-corrected chi connectivity index (χ4v) is 3.36. The lowest BCUT2D eigenvalue weighted by Gasteiger charge is -2.43. The molecule has 1 atom stereocenters. The number of likely N-dealkylation sites (tertiary alicyclic amines) is 1. The number of piperidine rings is 2. The van der Waals surface area contributed by atoms with Crippen LogP contribution >= 0.6 is 0 Å². The number of rotatable bonds is 4. The van der Waals surface area contributed by atoms with Crippen LogP contribution in [0.2, 0.25) is 0 Å². The van der Waals surface area contributed by atoms with Gasteiger partial charge >= 0.3 is 0 Å². The Morgan fingerprint density at radius 1 is 1.35 bits per heavy atom. The summed E-state index contributed by atoms with van der Waals surface area (Å²) >= 11 is 0. The van der Waals surface area contributed by atoms with Crippen molar-refractivity contribution in [2.45, 2.75) is 45.1 Å². The molecule has 17 heavy (non-hydrogen) atoms.